The lowest BCUT2D eigenvalue weighted by Gasteiger charge is -2.30. The molecule has 1 heterocycles. The standard InChI is InChI=1S/C21H27NO2.ClH/c1-2-5-17-8-10-21(11-9-17)24-16-20(23)15-22-13-12-18-6-3-4-7-19(18)14-22;/h3-4,6-11,20,23H,2,5,12-16H2,1H3;1H. The van der Waals surface area contributed by atoms with Gasteiger partial charge in [-0.25, -0.2) is 0 Å². The molecular formula is C21H28ClNO2. The van der Waals surface area contributed by atoms with Gasteiger partial charge in [0.25, 0.3) is 0 Å². The second-order valence-corrected chi connectivity index (χ2v) is 6.61. The predicted octanol–water partition coefficient (Wildman–Crippen LogP) is 3.86. The van der Waals surface area contributed by atoms with Gasteiger partial charge in [0.2, 0.25) is 0 Å². The number of halogens is 1. The molecule has 0 saturated heterocycles. The third kappa shape index (κ3) is 5.74. The molecule has 0 radical (unpaired) electrons. The first-order valence-electron chi connectivity index (χ1n) is 8.93. The summed E-state index contributed by atoms with van der Waals surface area (Å²) < 4.78 is 5.74. The Balaban J connectivity index is 0.00000225. The lowest BCUT2D eigenvalue weighted by molar-refractivity contribution is 0.0638. The van der Waals surface area contributed by atoms with Crippen LogP contribution in [0.2, 0.25) is 0 Å². The number of benzene rings is 2. The molecule has 0 spiro atoms. The molecule has 0 aliphatic carbocycles. The van der Waals surface area contributed by atoms with Crippen molar-refractivity contribution in [2.45, 2.75) is 38.8 Å². The molecule has 136 valence electrons. The second-order valence-electron chi connectivity index (χ2n) is 6.61. The fraction of sp³-hybridized carbons (Fsp3) is 0.429. The zero-order valence-corrected chi connectivity index (χ0v) is 15.7. The van der Waals surface area contributed by atoms with E-state index in [1.165, 1.54) is 16.7 Å². The normalized spacial score (nSPS) is 15.1. The number of β-amino-alcohol motifs (C(OH)–C–C–N with tert-alkyl or cyclic N) is 1. The average molecular weight is 362 g/mol. The first-order chi connectivity index (χ1) is 11.7. The summed E-state index contributed by atoms with van der Waals surface area (Å²) in [6.45, 7) is 5.09. The SMILES string of the molecule is CCCc1ccc(OCC(O)CN2CCc3ccccc3C2)cc1.Cl. The zero-order valence-electron chi connectivity index (χ0n) is 14.9. The molecule has 1 aliphatic heterocycles. The van der Waals surface area contributed by atoms with E-state index in [9.17, 15) is 5.11 Å². The topological polar surface area (TPSA) is 32.7 Å². The Hall–Kier alpha value is -1.55. The van der Waals surface area contributed by atoms with Crippen LogP contribution in [-0.4, -0.2) is 35.8 Å². The Morgan fingerprint density at radius 3 is 2.52 bits per heavy atom. The maximum atomic E-state index is 10.3. The largest absolute Gasteiger partial charge is 0.491 e. The number of aliphatic hydroxyl groups excluding tert-OH is 1. The minimum atomic E-state index is -0.467. The average Bonchev–Trinajstić information content (AvgIpc) is 2.61. The van der Waals surface area contributed by atoms with Crippen molar-refractivity contribution in [3.05, 3.63) is 65.2 Å². The molecule has 2 aromatic rings. The number of aliphatic hydroxyl groups is 1. The Kier molecular flexibility index (Phi) is 7.76. The quantitative estimate of drug-likeness (QED) is 0.812. The predicted molar refractivity (Wildman–Crippen MR) is 105 cm³/mol. The van der Waals surface area contributed by atoms with E-state index in [4.69, 9.17) is 4.74 Å². The molecule has 1 N–H and O–H groups in total. The van der Waals surface area contributed by atoms with Crippen molar-refractivity contribution < 1.29 is 9.84 Å². The van der Waals surface area contributed by atoms with Crippen LogP contribution >= 0.6 is 12.4 Å². The molecule has 25 heavy (non-hydrogen) atoms. The van der Waals surface area contributed by atoms with Crippen molar-refractivity contribution in [3.8, 4) is 5.75 Å². The van der Waals surface area contributed by atoms with Gasteiger partial charge in [0, 0.05) is 19.6 Å². The number of nitrogens with zero attached hydrogens (tertiary/aromatic N) is 1. The highest BCUT2D eigenvalue weighted by Crippen LogP contribution is 2.19. The van der Waals surface area contributed by atoms with Gasteiger partial charge in [-0.05, 0) is 41.7 Å². The van der Waals surface area contributed by atoms with E-state index in [1.54, 1.807) is 0 Å². The van der Waals surface area contributed by atoms with Crippen LogP contribution < -0.4 is 4.74 Å². The molecule has 3 nitrogen and oxygen atoms in total. The maximum absolute atomic E-state index is 10.3. The number of fused-ring (bicyclic) bond motifs is 1. The fourth-order valence-electron chi connectivity index (χ4n) is 3.29. The second kappa shape index (κ2) is 9.81. The first kappa shape index (κ1) is 19.8. The molecule has 1 atom stereocenters. The number of ether oxygens (including phenoxy) is 1. The van der Waals surface area contributed by atoms with E-state index in [-0.39, 0.29) is 12.4 Å². The Morgan fingerprint density at radius 2 is 1.80 bits per heavy atom. The summed E-state index contributed by atoms with van der Waals surface area (Å²) >= 11 is 0. The van der Waals surface area contributed by atoms with Gasteiger partial charge >= 0.3 is 0 Å². The lowest BCUT2D eigenvalue weighted by atomic mass is 10.00. The molecule has 1 aliphatic rings. The van der Waals surface area contributed by atoms with E-state index >= 15 is 0 Å². The minimum Gasteiger partial charge on any atom is -0.491 e. The third-order valence-corrected chi connectivity index (χ3v) is 4.58. The van der Waals surface area contributed by atoms with E-state index < -0.39 is 6.10 Å². The van der Waals surface area contributed by atoms with Crippen LogP contribution in [0.3, 0.4) is 0 Å². The summed E-state index contributed by atoms with van der Waals surface area (Å²) in [4.78, 5) is 2.31. The molecular weight excluding hydrogens is 334 g/mol. The van der Waals surface area contributed by atoms with Crippen molar-refractivity contribution in [3.63, 3.8) is 0 Å². The Morgan fingerprint density at radius 1 is 1.08 bits per heavy atom. The van der Waals surface area contributed by atoms with Gasteiger partial charge in [0.15, 0.2) is 0 Å². The summed E-state index contributed by atoms with van der Waals surface area (Å²) in [5.74, 6) is 0.831. The van der Waals surface area contributed by atoms with Gasteiger partial charge in [-0.1, -0.05) is 49.7 Å². The molecule has 2 aromatic carbocycles. The van der Waals surface area contributed by atoms with E-state index in [1.807, 2.05) is 12.1 Å². The van der Waals surface area contributed by atoms with Crippen LogP contribution in [0.15, 0.2) is 48.5 Å². The van der Waals surface area contributed by atoms with Gasteiger partial charge in [0.1, 0.15) is 18.5 Å². The van der Waals surface area contributed by atoms with Crippen molar-refractivity contribution in [1.82, 2.24) is 4.90 Å². The van der Waals surface area contributed by atoms with Crippen LogP contribution in [0.25, 0.3) is 0 Å². The highest BCUT2D eigenvalue weighted by molar-refractivity contribution is 5.85. The molecule has 0 amide bonds. The summed E-state index contributed by atoms with van der Waals surface area (Å²) in [6.07, 6.45) is 2.84. The third-order valence-electron chi connectivity index (χ3n) is 4.58. The van der Waals surface area contributed by atoms with Crippen LogP contribution in [0.4, 0.5) is 0 Å². The number of rotatable bonds is 7. The van der Waals surface area contributed by atoms with Gasteiger partial charge in [-0.15, -0.1) is 12.4 Å². The van der Waals surface area contributed by atoms with Gasteiger partial charge in [0.05, 0.1) is 0 Å². The van der Waals surface area contributed by atoms with Crippen LogP contribution in [0.5, 0.6) is 5.75 Å². The first-order valence-corrected chi connectivity index (χ1v) is 8.93. The fourth-order valence-corrected chi connectivity index (χ4v) is 3.29. The molecule has 0 aromatic heterocycles. The summed E-state index contributed by atoms with van der Waals surface area (Å²) in [5.41, 5.74) is 4.15. The highest BCUT2D eigenvalue weighted by atomic mass is 35.5. The van der Waals surface area contributed by atoms with Crippen molar-refractivity contribution >= 4 is 12.4 Å². The lowest BCUT2D eigenvalue weighted by Crippen LogP contribution is -2.38. The highest BCUT2D eigenvalue weighted by Gasteiger charge is 2.18. The summed E-state index contributed by atoms with van der Waals surface area (Å²) in [5, 5.41) is 10.3. The smallest absolute Gasteiger partial charge is 0.119 e. The van der Waals surface area contributed by atoms with Crippen molar-refractivity contribution in [1.29, 1.82) is 0 Å². The van der Waals surface area contributed by atoms with Gasteiger partial charge in [-0.2, -0.15) is 0 Å². The number of aryl methyl sites for hydroxylation is 1. The molecule has 0 bridgehead atoms. The molecule has 0 fully saturated rings. The van der Waals surface area contributed by atoms with Crippen LogP contribution in [-0.2, 0) is 19.4 Å². The molecule has 3 rings (SSSR count). The van der Waals surface area contributed by atoms with E-state index in [2.05, 4.69) is 48.2 Å². The zero-order chi connectivity index (χ0) is 16.8. The number of hydrogen-bond acceptors (Lipinski definition) is 3. The minimum absolute atomic E-state index is 0. The maximum Gasteiger partial charge on any atom is 0.119 e. The van der Waals surface area contributed by atoms with Gasteiger partial charge in [-0.3, -0.25) is 4.90 Å². The van der Waals surface area contributed by atoms with Crippen molar-refractivity contribution in [2.75, 3.05) is 19.7 Å². The Labute approximate surface area is 157 Å². The van der Waals surface area contributed by atoms with Crippen LogP contribution in [0, 0.1) is 0 Å². The van der Waals surface area contributed by atoms with Crippen molar-refractivity contribution in [2.24, 2.45) is 0 Å². The monoisotopic (exact) mass is 361 g/mol. The Bertz CT molecular complexity index is 645. The molecule has 4 heteroatoms. The summed E-state index contributed by atoms with van der Waals surface area (Å²) in [7, 11) is 0. The van der Waals surface area contributed by atoms with Gasteiger partial charge < -0.3 is 9.84 Å². The number of hydrogen-bond donors (Lipinski definition) is 1. The van der Waals surface area contributed by atoms with Crippen LogP contribution in [0.1, 0.15) is 30.0 Å². The van der Waals surface area contributed by atoms with E-state index in [0.717, 1.165) is 38.1 Å². The summed E-state index contributed by atoms with van der Waals surface area (Å²) in [6, 6.07) is 16.8. The van der Waals surface area contributed by atoms with E-state index in [0.29, 0.717) is 13.2 Å². The molecule has 0 saturated carbocycles. The molecule has 1 unspecified atom stereocenters.